The molecule has 1 amide bonds. The first-order valence-electron chi connectivity index (χ1n) is 10.7. The molecule has 32 heavy (non-hydrogen) atoms. The predicted molar refractivity (Wildman–Crippen MR) is 125 cm³/mol. The number of carbonyl (C=O) groups excluding carboxylic acids is 1. The molecule has 0 saturated carbocycles. The van der Waals surface area contributed by atoms with E-state index in [0.29, 0.717) is 29.6 Å². The summed E-state index contributed by atoms with van der Waals surface area (Å²) in [6.07, 6.45) is 0.336. The van der Waals surface area contributed by atoms with Gasteiger partial charge >= 0.3 is 0 Å². The molecule has 0 atom stereocenters. The summed E-state index contributed by atoms with van der Waals surface area (Å²) in [5.41, 5.74) is 5.65. The number of piperazine rings is 1. The van der Waals surface area contributed by atoms with Crippen LogP contribution in [0.3, 0.4) is 0 Å². The zero-order valence-electron chi connectivity index (χ0n) is 18.8. The third-order valence-electron chi connectivity index (χ3n) is 6.20. The number of nitrogens with zero attached hydrogens (tertiary/aromatic N) is 5. The lowest BCUT2D eigenvalue weighted by Crippen LogP contribution is -2.48. The van der Waals surface area contributed by atoms with Crippen molar-refractivity contribution >= 4 is 29.1 Å². The van der Waals surface area contributed by atoms with Crippen LogP contribution in [-0.4, -0.2) is 56.8 Å². The minimum absolute atomic E-state index is 0.127. The number of halogens is 2. The van der Waals surface area contributed by atoms with Gasteiger partial charge in [0.05, 0.1) is 33.5 Å². The third-order valence-corrected chi connectivity index (χ3v) is 6.94. The fourth-order valence-corrected chi connectivity index (χ4v) is 4.46. The van der Waals surface area contributed by atoms with Crippen LogP contribution >= 0.6 is 23.2 Å². The van der Waals surface area contributed by atoms with Gasteiger partial charge in [0.25, 0.3) is 0 Å². The molecule has 0 spiro atoms. The van der Waals surface area contributed by atoms with E-state index in [4.69, 9.17) is 27.7 Å². The lowest BCUT2D eigenvalue weighted by atomic mass is 10.1. The molecule has 1 fully saturated rings. The van der Waals surface area contributed by atoms with Crippen molar-refractivity contribution < 1.29 is 9.32 Å². The van der Waals surface area contributed by atoms with E-state index in [1.807, 2.05) is 43.3 Å². The van der Waals surface area contributed by atoms with E-state index in [0.717, 1.165) is 59.3 Å². The summed E-state index contributed by atoms with van der Waals surface area (Å²) in [4.78, 5) is 17.3. The van der Waals surface area contributed by atoms with Crippen LogP contribution in [0.15, 0.2) is 22.7 Å². The molecule has 170 valence electrons. The maximum absolute atomic E-state index is 13.1. The van der Waals surface area contributed by atoms with Crippen LogP contribution < -0.4 is 0 Å². The van der Waals surface area contributed by atoms with Gasteiger partial charge in [-0.25, -0.2) is 4.68 Å². The zero-order chi connectivity index (χ0) is 23.0. The second-order valence-electron chi connectivity index (χ2n) is 8.30. The Balaban J connectivity index is 1.40. The normalized spacial score (nSPS) is 14.9. The average Bonchev–Trinajstić information content (AvgIpc) is 3.24. The Morgan fingerprint density at radius 1 is 1.00 bits per heavy atom. The van der Waals surface area contributed by atoms with E-state index in [9.17, 15) is 4.79 Å². The van der Waals surface area contributed by atoms with E-state index in [1.54, 1.807) is 12.1 Å². The van der Waals surface area contributed by atoms with Crippen molar-refractivity contribution in [1.82, 2.24) is 24.7 Å². The van der Waals surface area contributed by atoms with Crippen LogP contribution in [0.1, 0.15) is 34.0 Å². The third kappa shape index (κ3) is 4.56. The van der Waals surface area contributed by atoms with Gasteiger partial charge in [-0.1, -0.05) is 28.4 Å². The highest BCUT2D eigenvalue weighted by Gasteiger charge is 2.25. The topological polar surface area (TPSA) is 67.4 Å². The number of benzene rings is 1. The van der Waals surface area contributed by atoms with Crippen molar-refractivity contribution in [1.29, 1.82) is 0 Å². The minimum atomic E-state index is 0.127. The molecular weight excluding hydrogens is 449 g/mol. The fraction of sp³-hybridized carbons (Fsp3) is 0.435. The summed E-state index contributed by atoms with van der Waals surface area (Å²) in [7, 11) is 0. The lowest BCUT2D eigenvalue weighted by Gasteiger charge is -2.34. The molecule has 7 nitrogen and oxygen atoms in total. The Morgan fingerprint density at radius 3 is 2.34 bits per heavy atom. The maximum atomic E-state index is 13.1. The van der Waals surface area contributed by atoms with Crippen molar-refractivity contribution in [2.45, 2.75) is 40.7 Å². The van der Waals surface area contributed by atoms with Crippen LogP contribution in [0.5, 0.6) is 0 Å². The van der Waals surface area contributed by atoms with E-state index in [-0.39, 0.29) is 5.91 Å². The van der Waals surface area contributed by atoms with E-state index in [1.165, 1.54) is 0 Å². The number of rotatable bonds is 5. The SMILES string of the molecule is Cc1noc(C)c1CN1CCN(C(=O)Cc2c(C)nn(-c3ccc(Cl)c(Cl)c3)c2C)CC1. The molecule has 1 aliphatic rings. The van der Waals surface area contributed by atoms with Gasteiger partial charge in [0.1, 0.15) is 5.76 Å². The molecule has 3 heterocycles. The van der Waals surface area contributed by atoms with E-state index < -0.39 is 0 Å². The predicted octanol–water partition coefficient (Wildman–Crippen LogP) is 4.29. The highest BCUT2D eigenvalue weighted by Crippen LogP contribution is 2.26. The van der Waals surface area contributed by atoms with E-state index >= 15 is 0 Å². The second kappa shape index (κ2) is 9.25. The van der Waals surface area contributed by atoms with Crippen LogP contribution in [-0.2, 0) is 17.8 Å². The summed E-state index contributed by atoms with van der Waals surface area (Å²) in [6.45, 7) is 11.7. The summed E-state index contributed by atoms with van der Waals surface area (Å²) < 4.78 is 7.09. The van der Waals surface area contributed by atoms with Crippen LogP contribution in [0.25, 0.3) is 5.69 Å². The summed E-state index contributed by atoms with van der Waals surface area (Å²) in [5.74, 6) is 0.993. The lowest BCUT2D eigenvalue weighted by molar-refractivity contribution is -0.132. The zero-order valence-corrected chi connectivity index (χ0v) is 20.3. The molecule has 0 radical (unpaired) electrons. The highest BCUT2D eigenvalue weighted by atomic mass is 35.5. The van der Waals surface area contributed by atoms with Gasteiger partial charge < -0.3 is 9.42 Å². The molecule has 4 rings (SSSR count). The van der Waals surface area contributed by atoms with Crippen molar-refractivity contribution in [2.75, 3.05) is 26.2 Å². The Bertz CT molecular complexity index is 1130. The number of amides is 1. The first-order chi connectivity index (χ1) is 15.2. The number of aromatic nitrogens is 3. The van der Waals surface area contributed by atoms with Crippen LogP contribution in [0.4, 0.5) is 0 Å². The van der Waals surface area contributed by atoms with Crippen molar-refractivity contribution in [3.63, 3.8) is 0 Å². The Labute approximate surface area is 197 Å². The molecule has 9 heteroatoms. The summed E-state index contributed by atoms with van der Waals surface area (Å²) >= 11 is 12.2. The van der Waals surface area contributed by atoms with Gasteiger partial charge in [-0.3, -0.25) is 9.69 Å². The molecule has 0 N–H and O–H groups in total. The number of hydrogen-bond donors (Lipinski definition) is 0. The quantitative estimate of drug-likeness (QED) is 0.550. The number of hydrogen-bond acceptors (Lipinski definition) is 5. The van der Waals surface area contributed by atoms with Crippen LogP contribution in [0.2, 0.25) is 10.0 Å². The summed E-state index contributed by atoms with van der Waals surface area (Å²) in [5, 5.41) is 9.65. The number of aryl methyl sites for hydroxylation is 3. The van der Waals surface area contributed by atoms with Crippen LogP contribution in [0, 0.1) is 27.7 Å². The molecule has 1 saturated heterocycles. The van der Waals surface area contributed by atoms with Crippen molar-refractivity contribution in [3.05, 3.63) is 62.2 Å². The smallest absolute Gasteiger partial charge is 0.227 e. The van der Waals surface area contributed by atoms with E-state index in [2.05, 4.69) is 15.2 Å². The van der Waals surface area contributed by atoms with Gasteiger partial charge in [0, 0.05) is 49.5 Å². The van der Waals surface area contributed by atoms with Crippen molar-refractivity contribution in [2.24, 2.45) is 0 Å². The molecular formula is C23H27Cl2N5O2. The molecule has 0 bridgehead atoms. The van der Waals surface area contributed by atoms with Gasteiger partial charge in [0.15, 0.2) is 0 Å². The summed E-state index contributed by atoms with van der Waals surface area (Å²) in [6, 6.07) is 5.41. The second-order valence-corrected chi connectivity index (χ2v) is 9.11. The Hall–Kier alpha value is -2.35. The molecule has 3 aromatic rings. The monoisotopic (exact) mass is 475 g/mol. The minimum Gasteiger partial charge on any atom is -0.361 e. The first-order valence-corrected chi connectivity index (χ1v) is 11.4. The molecule has 0 unspecified atom stereocenters. The number of carbonyl (C=O) groups is 1. The van der Waals surface area contributed by atoms with Gasteiger partial charge in [0.2, 0.25) is 5.91 Å². The highest BCUT2D eigenvalue weighted by molar-refractivity contribution is 6.42. The van der Waals surface area contributed by atoms with Gasteiger partial charge in [-0.2, -0.15) is 5.10 Å². The largest absolute Gasteiger partial charge is 0.361 e. The molecule has 2 aromatic heterocycles. The van der Waals surface area contributed by atoms with Crippen molar-refractivity contribution in [3.8, 4) is 5.69 Å². The van der Waals surface area contributed by atoms with Gasteiger partial charge in [-0.05, 0) is 45.9 Å². The van der Waals surface area contributed by atoms with Gasteiger partial charge in [-0.15, -0.1) is 0 Å². The average molecular weight is 476 g/mol. The Kier molecular flexibility index (Phi) is 6.60. The molecule has 0 aliphatic carbocycles. The Morgan fingerprint density at radius 2 is 1.72 bits per heavy atom. The fourth-order valence-electron chi connectivity index (χ4n) is 4.17. The molecule has 1 aromatic carbocycles. The first kappa shape index (κ1) is 22.8. The maximum Gasteiger partial charge on any atom is 0.227 e. The standard InChI is InChI=1S/C23H27Cl2N5O2/c1-14-19(16(3)30(26-14)18-5-6-21(24)22(25)11-18)12-23(31)29-9-7-28(8-10-29)13-20-15(2)27-32-17(20)4/h5-6,11H,7-10,12-13H2,1-4H3. The molecule has 1 aliphatic heterocycles.